The van der Waals surface area contributed by atoms with E-state index in [1.54, 1.807) is 0 Å². The summed E-state index contributed by atoms with van der Waals surface area (Å²) in [4.78, 5) is 2.33. The predicted molar refractivity (Wildman–Crippen MR) is 74.2 cm³/mol. The molecule has 2 N–H and O–H groups in total. The van der Waals surface area contributed by atoms with Gasteiger partial charge in [0.15, 0.2) is 0 Å². The van der Waals surface area contributed by atoms with Gasteiger partial charge in [-0.2, -0.15) is 0 Å². The summed E-state index contributed by atoms with van der Waals surface area (Å²) in [5.74, 6) is 0. The first-order valence-corrected chi connectivity index (χ1v) is 6.79. The van der Waals surface area contributed by atoms with Crippen molar-refractivity contribution in [1.82, 2.24) is 4.90 Å². The van der Waals surface area contributed by atoms with Crippen molar-refractivity contribution in [2.45, 2.75) is 45.1 Å². The zero-order valence-electron chi connectivity index (χ0n) is 11.4. The van der Waals surface area contributed by atoms with E-state index in [4.69, 9.17) is 10.5 Å². The summed E-state index contributed by atoms with van der Waals surface area (Å²) in [6, 6.07) is 8.54. The summed E-state index contributed by atoms with van der Waals surface area (Å²) < 4.78 is 5.85. The summed E-state index contributed by atoms with van der Waals surface area (Å²) in [7, 11) is 2.16. The van der Waals surface area contributed by atoms with Gasteiger partial charge in [0.1, 0.15) is 0 Å². The molecule has 3 nitrogen and oxygen atoms in total. The monoisotopic (exact) mass is 248 g/mol. The average molecular weight is 248 g/mol. The lowest BCUT2D eigenvalue weighted by Gasteiger charge is -2.21. The van der Waals surface area contributed by atoms with Gasteiger partial charge in [0, 0.05) is 19.6 Å². The molecule has 0 amide bonds. The third-order valence-corrected chi connectivity index (χ3v) is 3.55. The normalized spacial score (nSPS) is 23.8. The molecule has 3 heteroatoms. The van der Waals surface area contributed by atoms with Crippen molar-refractivity contribution < 1.29 is 4.74 Å². The Kier molecular flexibility index (Phi) is 4.75. The number of likely N-dealkylation sites (N-methyl/N-ethyl adjacent to an activating group) is 1. The Morgan fingerprint density at radius 2 is 1.89 bits per heavy atom. The van der Waals surface area contributed by atoms with Crippen LogP contribution in [-0.4, -0.2) is 30.7 Å². The van der Waals surface area contributed by atoms with Crippen molar-refractivity contribution in [3.63, 3.8) is 0 Å². The Labute approximate surface area is 110 Å². The summed E-state index contributed by atoms with van der Waals surface area (Å²) in [5, 5.41) is 0. The minimum absolute atomic E-state index is 0.410. The molecule has 0 aromatic heterocycles. The van der Waals surface area contributed by atoms with Crippen molar-refractivity contribution in [2.24, 2.45) is 5.73 Å². The molecule has 0 spiro atoms. The molecule has 2 rings (SSSR count). The number of ether oxygens (including phenoxy) is 1. The lowest BCUT2D eigenvalue weighted by atomic mass is 10.1. The van der Waals surface area contributed by atoms with Crippen LogP contribution in [0.3, 0.4) is 0 Å². The highest BCUT2D eigenvalue weighted by Crippen LogP contribution is 2.20. The van der Waals surface area contributed by atoms with Crippen LogP contribution in [0.15, 0.2) is 24.3 Å². The maximum Gasteiger partial charge on any atom is 0.0706 e. The van der Waals surface area contributed by atoms with Crippen molar-refractivity contribution in [3.05, 3.63) is 35.4 Å². The van der Waals surface area contributed by atoms with Gasteiger partial charge in [0.25, 0.3) is 0 Å². The van der Waals surface area contributed by atoms with Crippen LogP contribution < -0.4 is 5.73 Å². The molecule has 1 saturated heterocycles. The third-order valence-electron chi connectivity index (χ3n) is 3.55. The van der Waals surface area contributed by atoms with Crippen LogP contribution in [0.25, 0.3) is 0 Å². The van der Waals surface area contributed by atoms with Gasteiger partial charge < -0.3 is 10.5 Å². The Balaban J connectivity index is 1.80. The van der Waals surface area contributed by atoms with E-state index in [-0.39, 0.29) is 0 Å². The lowest BCUT2D eigenvalue weighted by Crippen LogP contribution is -2.28. The van der Waals surface area contributed by atoms with E-state index in [2.05, 4.69) is 43.1 Å². The first kappa shape index (κ1) is 13.5. The minimum atomic E-state index is 0.410. The molecular formula is C15H24N2O. The molecule has 1 aliphatic heterocycles. The average Bonchev–Trinajstić information content (AvgIpc) is 2.75. The Morgan fingerprint density at radius 1 is 1.22 bits per heavy atom. The number of nitrogens with two attached hydrogens (primary N) is 1. The molecule has 1 fully saturated rings. The van der Waals surface area contributed by atoms with Gasteiger partial charge in [-0.25, -0.2) is 0 Å². The second kappa shape index (κ2) is 6.32. The van der Waals surface area contributed by atoms with Gasteiger partial charge in [0.2, 0.25) is 0 Å². The third kappa shape index (κ3) is 3.80. The topological polar surface area (TPSA) is 38.5 Å². The van der Waals surface area contributed by atoms with Crippen LogP contribution in [0.5, 0.6) is 0 Å². The fraction of sp³-hybridized carbons (Fsp3) is 0.600. The lowest BCUT2D eigenvalue weighted by molar-refractivity contribution is 0.0352. The van der Waals surface area contributed by atoms with Crippen LogP contribution in [0.2, 0.25) is 0 Å². The molecule has 1 aliphatic rings. The highest BCUT2D eigenvalue weighted by Gasteiger charge is 2.22. The second-order valence-corrected chi connectivity index (χ2v) is 5.36. The molecule has 1 aromatic rings. The molecule has 1 heterocycles. The predicted octanol–water partition coefficient (Wildman–Crippen LogP) is 2.14. The molecule has 100 valence electrons. The van der Waals surface area contributed by atoms with E-state index in [0.717, 1.165) is 13.1 Å². The SMILES string of the molecule is CC1CCC(CN(C)Cc2ccc(CN)cc2)O1. The van der Waals surface area contributed by atoms with Crippen LogP contribution >= 0.6 is 0 Å². The minimum Gasteiger partial charge on any atom is -0.374 e. The van der Waals surface area contributed by atoms with E-state index < -0.39 is 0 Å². The van der Waals surface area contributed by atoms with Gasteiger partial charge >= 0.3 is 0 Å². The zero-order valence-corrected chi connectivity index (χ0v) is 11.4. The molecule has 18 heavy (non-hydrogen) atoms. The summed E-state index contributed by atoms with van der Waals surface area (Å²) in [6.07, 6.45) is 3.24. The van der Waals surface area contributed by atoms with Gasteiger partial charge in [0.05, 0.1) is 12.2 Å². The Morgan fingerprint density at radius 3 is 2.44 bits per heavy atom. The Hall–Kier alpha value is -0.900. The number of benzene rings is 1. The van der Waals surface area contributed by atoms with Crippen LogP contribution in [0.4, 0.5) is 0 Å². The molecule has 2 unspecified atom stereocenters. The van der Waals surface area contributed by atoms with Gasteiger partial charge in [-0.15, -0.1) is 0 Å². The van der Waals surface area contributed by atoms with Crippen LogP contribution in [-0.2, 0) is 17.8 Å². The van der Waals surface area contributed by atoms with E-state index >= 15 is 0 Å². The molecule has 0 bridgehead atoms. The smallest absolute Gasteiger partial charge is 0.0706 e. The second-order valence-electron chi connectivity index (χ2n) is 5.36. The summed E-state index contributed by atoms with van der Waals surface area (Å²) >= 11 is 0. The first-order valence-electron chi connectivity index (χ1n) is 6.79. The summed E-state index contributed by atoms with van der Waals surface area (Å²) in [5.41, 5.74) is 8.12. The van der Waals surface area contributed by atoms with Crippen molar-refractivity contribution in [3.8, 4) is 0 Å². The van der Waals surface area contributed by atoms with E-state index in [9.17, 15) is 0 Å². The summed E-state index contributed by atoms with van der Waals surface area (Å²) in [6.45, 7) is 4.76. The van der Waals surface area contributed by atoms with Crippen molar-refractivity contribution >= 4 is 0 Å². The van der Waals surface area contributed by atoms with Gasteiger partial charge in [-0.05, 0) is 37.9 Å². The molecule has 0 radical (unpaired) electrons. The maximum atomic E-state index is 5.85. The van der Waals surface area contributed by atoms with Gasteiger partial charge in [-0.1, -0.05) is 24.3 Å². The van der Waals surface area contributed by atoms with Crippen molar-refractivity contribution in [1.29, 1.82) is 0 Å². The molecule has 1 aromatic carbocycles. The van der Waals surface area contributed by atoms with E-state index in [1.165, 1.54) is 24.0 Å². The zero-order chi connectivity index (χ0) is 13.0. The van der Waals surface area contributed by atoms with Crippen LogP contribution in [0.1, 0.15) is 30.9 Å². The van der Waals surface area contributed by atoms with Crippen LogP contribution in [0, 0.1) is 0 Å². The first-order chi connectivity index (χ1) is 8.67. The van der Waals surface area contributed by atoms with E-state index in [1.807, 2.05) is 0 Å². The molecular weight excluding hydrogens is 224 g/mol. The van der Waals surface area contributed by atoms with E-state index in [0.29, 0.717) is 18.8 Å². The van der Waals surface area contributed by atoms with Gasteiger partial charge in [-0.3, -0.25) is 4.90 Å². The fourth-order valence-electron chi connectivity index (χ4n) is 2.52. The number of rotatable bonds is 5. The highest BCUT2D eigenvalue weighted by atomic mass is 16.5. The molecule has 0 saturated carbocycles. The standard InChI is InChI=1S/C15H24N2O/c1-12-3-8-15(18-12)11-17(2)10-14-6-4-13(9-16)5-7-14/h4-7,12,15H,3,8-11,16H2,1-2H3. The Bertz CT molecular complexity index is 363. The molecule has 2 atom stereocenters. The highest BCUT2D eigenvalue weighted by molar-refractivity contribution is 5.22. The number of hydrogen-bond acceptors (Lipinski definition) is 3. The maximum absolute atomic E-state index is 5.85. The quantitative estimate of drug-likeness (QED) is 0.867. The largest absolute Gasteiger partial charge is 0.374 e. The number of nitrogens with zero attached hydrogens (tertiary/aromatic N) is 1. The fourth-order valence-corrected chi connectivity index (χ4v) is 2.52. The van der Waals surface area contributed by atoms with Crippen molar-refractivity contribution in [2.75, 3.05) is 13.6 Å². The molecule has 0 aliphatic carbocycles. The number of hydrogen-bond donors (Lipinski definition) is 1.